The second-order valence-corrected chi connectivity index (χ2v) is 3.13. The number of amidine groups is 2. The molecular formula is C9H8FN5O2. The summed E-state index contributed by atoms with van der Waals surface area (Å²) in [6, 6.07) is 0. The van der Waals surface area contributed by atoms with E-state index in [1.807, 2.05) is 0 Å². The van der Waals surface area contributed by atoms with Crippen LogP contribution in [0.3, 0.4) is 0 Å². The maximum absolute atomic E-state index is 14.1. The minimum Gasteiger partial charge on any atom is -0.456 e. The van der Waals surface area contributed by atoms with Gasteiger partial charge in [-0.2, -0.15) is 14.4 Å². The van der Waals surface area contributed by atoms with Crippen molar-refractivity contribution in [2.75, 3.05) is 6.61 Å². The molecule has 1 atom stereocenters. The summed E-state index contributed by atoms with van der Waals surface area (Å²) >= 11 is 0. The van der Waals surface area contributed by atoms with Crippen molar-refractivity contribution in [1.82, 2.24) is 0 Å². The molecule has 2 heterocycles. The number of nitrogens with zero attached hydrogens (tertiary/aromatic N) is 4. The smallest absolute Gasteiger partial charge is 0.397 e. The van der Waals surface area contributed by atoms with E-state index < -0.39 is 11.9 Å². The Morgan fingerprint density at radius 1 is 1.65 bits per heavy atom. The van der Waals surface area contributed by atoms with Crippen LogP contribution in [0.5, 0.6) is 0 Å². The Bertz CT molecular complexity index is 508. The average molecular weight is 237 g/mol. The van der Waals surface area contributed by atoms with E-state index in [0.717, 1.165) is 6.34 Å². The summed E-state index contributed by atoms with van der Waals surface area (Å²) < 4.78 is 18.6. The summed E-state index contributed by atoms with van der Waals surface area (Å²) in [5.41, 5.74) is 5.60. The highest BCUT2D eigenvalue weighted by Gasteiger charge is 2.45. The molecule has 7 nitrogen and oxygen atoms in total. The Morgan fingerprint density at radius 3 is 3.12 bits per heavy atom. The molecule has 8 heteroatoms. The lowest BCUT2D eigenvalue weighted by atomic mass is 10.2. The van der Waals surface area contributed by atoms with Gasteiger partial charge in [0.25, 0.3) is 0 Å². The number of rotatable bonds is 3. The first-order chi connectivity index (χ1) is 8.07. The lowest BCUT2D eigenvalue weighted by molar-refractivity contribution is -0.155. The molecule has 0 saturated heterocycles. The summed E-state index contributed by atoms with van der Waals surface area (Å²) in [4.78, 5) is 25.5. The SMILES string of the molecule is C=CCOC(=O)C1(F)N=C(N)C2=NC=NC2=N1. The van der Waals surface area contributed by atoms with E-state index in [1.165, 1.54) is 6.08 Å². The van der Waals surface area contributed by atoms with Crippen molar-refractivity contribution >= 4 is 29.7 Å². The number of nitrogens with two attached hydrogens (primary N) is 1. The predicted octanol–water partition coefficient (Wildman–Crippen LogP) is -0.409. The van der Waals surface area contributed by atoms with Gasteiger partial charge in [0.1, 0.15) is 12.9 Å². The van der Waals surface area contributed by atoms with Crippen molar-refractivity contribution < 1.29 is 13.9 Å². The topological polar surface area (TPSA) is 102 Å². The fourth-order valence-corrected chi connectivity index (χ4v) is 1.22. The highest BCUT2D eigenvalue weighted by Crippen LogP contribution is 2.22. The van der Waals surface area contributed by atoms with E-state index in [9.17, 15) is 9.18 Å². The zero-order valence-electron chi connectivity index (χ0n) is 8.63. The lowest BCUT2D eigenvalue weighted by Gasteiger charge is -2.19. The third-order valence-electron chi connectivity index (χ3n) is 1.94. The van der Waals surface area contributed by atoms with Crippen molar-refractivity contribution in [1.29, 1.82) is 0 Å². The maximum atomic E-state index is 14.1. The molecule has 88 valence electrons. The van der Waals surface area contributed by atoms with Gasteiger partial charge in [-0.15, -0.1) is 0 Å². The molecule has 0 fully saturated rings. The molecule has 0 aliphatic carbocycles. The normalized spacial score (nSPS) is 25.6. The van der Waals surface area contributed by atoms with E-state index in [1.54, 1.807) is 0 Å². The van der Waals surface area contributed by atoms with Gasteiger partial charge in [0.2, 0.25) is 0 Å². The standard InChI is InChI=1S/C9H8FN5O2/c1-2-3-17-8(16)9(10)14-6(11)5-7(15-9)13-4-12-5/h2,4H,1,3H2,(H2,11,14). The van der Waals surface area contributed by atoms with Crippen LogP contribution < -0.4 is 5.73 Å². The number of carbonyl (C=O) groups excluding carboxylic acids is 1. The zero-order valence-corrected chi connectivity index (χ0v) is 8.63. The fourth-order valence-electron chi connectivity index (χ4n) is 1.22. The first-order valence-corrected chi connectivity index (χ1v) is 4.60. The molecule has 0 aromatic heterocycles. The zero-order chi connectivity index (χ0) is 12.5. The molecule has 0 amide bonds. The quantitative estimate of drug-likeness (QED) is 0.410. The van der Waals surface area contributed by atoms with Crippen LogP contribution >= 0.6 is 0 Å². The van der Waals surface area contributed by atoms with Gasteiger partial charge >= 0.3 is 11.9 Å². The Hall–Kier alpha value is -2.38. The van der Waals surface area contributed by atoms with Crippen LogP contribution in [-0.4, -0.2) is 42.2 Å². The Morgan fingerprint density at radius 2 is 2.41 bits per heavy atom. The average Bonchev–Trinajstić information content (AvgIpc) is 2.73. The molecule has 0 spiro atoms. The number of halogens is 1. The maximum Gasteiger partial charge on any atom is 0.397 e. The second kappa shape index (κ2) is 3.89. The fraction of sp³-hybridized carbons (Fsp3) is 0.222. The number of carbonyl (C=O) groups is 1. The van der Waals surface area contributed by atoms with E-state index >= 15 is 0 Å². The van der Waals surface area contributed by atoms with Crippen molar-refractivity contribution in [2.45, 2.75) is 5.92 Å². The highest BCUT2D eigenvalue weighted by molar-refractivity contribution is 6.70. The Labute approximate surface area is 95.3 Å². The first-order valence-electron chi connectivity index (χ1n) is 4.60. The summed E-state index contributed by atoms with van der Waals surface area (Å²) in [5.74, 6) is -4.49. The van der Waals surface area contributed by atoms with Crippen molar-refractivity contribution in [3.63, 3.8) is 0 Å². The van der Waals surface area contributed by atoms with Gasteiger partial charge in [0.15, 0.2) is 17.4 Å². The molecule has 0 saturated carbocycles. The lowest BCUT2D eigenvalue weighted by Crippen LogP contribution is -2.43. The molecule has 0 radical (unpaired) electrons. The summed E-state index contributed by atoms with van der Waals surface area (Å²) in [7, 11) is 0. The molecule has 0 aromatic rings. The number of ether oxygens (including phenoxy) is 1. The van der Waals surface area contributed by atoms with E-state index in [-0.39, 0.29) is 24.0 Å². The third kappa shape index (κ3) is 1.84. The summed E-state index contributed by atoms with van der Waals surface area (Å²) in [6.45, 7) is 3.19. The molecule has 2 aliphatic rings. The predicted molar refractivity (Wildman–Crippen MR) is 60.0 cm³/mol. The van der Waals surface area contributed by atoms with Crippen molar-refractivity contribution in [3.05, 3.63) is 12.7 Å². The van der Waals surface area contributed by atoms with Crippen LogP contribution in [-0.2, 0) is 9.53 Å². The monoisotopic (exact) mass is 237 g/mol. The van der Waals surface area contributed by atoms with Crippen molar-refractivity contribution in [3.8, 4) is 0 Å². The van der Waals surface area contributed by atoms with Gasteiger partial charge in [0.05, 0.1) is 0 Å². The van der Waals surface area contributed by atoms with Gasteiger partial charge in [-0.1, -0.05) is 12.7 Å². The summed E-state index contributed by atoms with van der Waals surface area (Å²) in [6.07, 6.45) is 2.45. The number of hydrogen-bond acceptors (Lipinski definition) is 7. The molecule has 1 unspecified atom stereocenters. The minimum absolute atomic E-state index is 0.0736. The number of alkyl halides is 1. The van der Waals surface area contributed by atoms with E-state index in [4.69, 9.17) is 5.73 Å². The van der Waals surface area contributed by atoms with Gasteiger partial charge in [-0.25, -0.2) is 14.8 Å². The molecule has 2 rings (SSSR count). The van der Waals surface area contributed by atoms with Gasteiger partial charge in [-0.3, -0.25) is 0 Å². The Kier molecular flexibility index (Phi) is 2.54. The molecule has 17 heavy (non-hydrogen) atoms. The molecule has 2 N–H and O–H groups in total. The van der Waals surface area contributed by atoms with Crippen LogP contribution in [0, 0.1) is 0 Å². The molecular weight excluding hydrogens is 229 g/mol. The van der Waals surface area contributed by atoms with Crippen LogP contribution in [0.1, 0.15) is 0 Å². The van der Waals surface area contributed by atoms with Crippen molar-refractivity contribution in [2.24, 2.45) is 25.7 Å². The van der Waals surface area contributed by atoms with Crippen LogP contribution in [0.4, 0.5) is 4.39 Å². The van der Waals surface area contributed by atoms with E-state index in [0.29, 0.717) is 0 Å². The molecule has 0 aromatic carbocycles. The van der Waals surface area contributed by atoms with Gasteiger partial charge < -0.3 is 10.5 Å². The van der Waals surface area contributed by atoms with Crippen LogP contribution in [0.2, 0.25) is 0 Å². The van der Waals surface area contributed by atoms with E-state index in [2.05, 4.69) is 31.3 Å². The third-order valence-corrected chi connectivity index (χ3v) is 1.94. The number of esters is 1. The second-order valence-electron chi connectivity index (χ2n) is 3.13. The molecule has 0 bridgehead atoms. The van der Waals surface area contributed by atoms with Crippen LogP contribution in [0.15, 0.2) is 32.6 Å². The molecule has 2 aliphatic heterocycles. The highest BCUT2D eigenvalue weighted by atomic mass is 19.1. The van der Waals surface area contributed by atoms with Gasteiger partial charge in [-0.05, 0) is 0 Å². The number of fused-ring (bicyclic) bond motifs is 1. The minimum atomic E-state index is -2.90. The number of aliphatic imine (C=N–C) groups is 4. The summed E-state index contributed by atoms with van der Waals surface area (Å²) in [5, 5.41) is 0. The number of hydrogen-bond donors (Lipinski definition) is 1. The first kappa shape index (κ1) is 11.1. The Balaban J connectivity index is 2.30. The largest absolute Gasteiger partial charge is 0.456 e. The van der Waals surface area contributed by atoms with Crippen LogP contribution in [0.25, 0.3) is 0 Å². The van der Waals surface area contributed by atoms with Gasteiger partial charge in [0, 0.05) is 0 Å².